The zero-order chi connectivity index (χ0) is 24.1. The number of thiophene rings is 1. The van der Waals surface area contributed by atoms with Crippen LogP contribution in [0.1, 0.15) is 43.6 Å². The highest BCUT2D eigenvalue weighted by molar-refractivity contribution is 7.13. The van der Waals surface area contributed by atoms with Gasteiger partial charge in [-0.1, -0.05) is 45.9 Å². The fourth-order valence-electron chi connectivity index (χ4n) is 2.56. The van der Waals surface area contributed by atoms with E-state index in [9.17, 15) is 14.9 Å². The van der Waals surface area contributed by atoms with Crippen LogP contribution in [0.15, 0.2) is 65.1 Å². The van der Waals surface area contributed by atoms with Crippen molar-refractivity contribution >= 4 is 34.5 Å². The van der Waals surface area contributed by atoms with Gasteiger partial charge in [-0.15, -0.1) is 11.3 Å². The summed E-state index contributed by atoms with van der Waals surface area (Å²) in [5, 5.41) is 19.4. The summed E-state index contributed by atoms with van der Waals surface area (Å²) in [5.41, 5.74) is 3.97. The Balaban J connectivity index is 0.00000121. The van der Waals surface area contributed by atoms with Crippen molar-refractivity contribution in [2.45, 2.75) is 27.7 Å². The molecule has 2 aromatic carbocycles. The number of carbonyl (C=O) groups excluding carboxylic acids is 1. The van der Waals surface area contributed by atoms with E-state index in [4.69, 9.17) is 11.7 Å². The van der Waals surface area contributed by atoms with Crippen LogP contribution in [0.2, 0.25) is 0 Å². The first-order valence-electron chi connectivity index (χ1n) is 10.0. The number of hydrazone groups is 1. The van der Waals surface area contributed by atoms with Crippen LogP contribution in [0.25, 0.3) is 10.4 Å². The first-order chi connectivity index (χ1) is 15.5. The standard InChI is InChI=1S/C18H16N6O3S.2C2H6/c19-22-17(23-20)11-3-5-12(6-4-11)18(25)21-14-10-13(16-2-1-9-28-16)7-8-15(14)24(26)27;2*1-2/h1-10H,19-20H2,(H,21,25)(H,22,23);2*1-2H3. The monoisotopic (exact) mass is 456 g/mol. The molecular formula is C22H28N6O3S. The molecule has 0 fully saturated rings. The second kappa shape index (κ2) is 13.5. The zero-order valence-corrected chi connectivity index (χ0v) is 19.3. The molecule has 0 aliphatic carbocycles. The molecule has 170 valence electrons. The largest absolute Gasteiger partial charge is 0.321 e. The summed E-state index contributed by atoms with van der Waals surface area (Å²) in [6.45, 7) is 8.00. The fraction of sp³-hybridized carbons (Fsp3) is 0.182. The van der Waals surface area contributed by atoms with E-state index >= 15 is 0 Å². The predicted octanol–water partition coefficient (Wildman–Crippen LogP) is 4.71. The molecule has 0 saturated heterocycles. The third-order valence-electron chi connectivity index (χ3n) is 3.93. The molecule has 1 heterocycles. The van der Waals surface area contributed by atoms with Crippen LogP contribution < -0.4 is 22.4 Å². The van der Waals surface area contributed by atoms with Crippen LogP contribution in [0.4, 0.5) is 11.4 Å². The Morgan fingerprint density at radius 3 is 2.16 bits per heavy atom. The van der Waals surface area contributed by atoms with Gasteiger partial charge >= 0.3 is 0 Å². The Labute approximate surface area is 191 Å². The molecule has 3 aromatic rings. The number of amides is 1. The number of carbonyl (C=O) groups is 1. The number of nitrogens with one attached hydrogen (secondary N) is 2. The lowest BCUT2D eigenvalue weighted by Crippen LogP contribution is -2.32. The van der Waals surface area contributed by atoms with Crippen LogP contribution in [0.3, 0.4) is 0 Å². The topological polar surface area (TPSA) is 149 Å². The highest BCUT2D eigenvalue weighted by atomic mass is 32.1. The zero-order valence-electron chi connectivity index (χ0n) is 18.5. The molecule has 10 heteroatoms. The van der Waals surface area contributed by atoms with Gasteiger partial charge in [0.2, 0.25) is 0 Å². The number of anilines is 1. The van der Waals surface area contributed by atoms with Crippen molar-refractivity contribution in [1.29, 1.82) is 0 Å². The number of nitrogens with zero attached hydrogens (tertiary/aromatic N) is 2. The summed E-state index contributed by atoms with van der Waals surface area (Å²) < 4.78 is 0. The Kier molecular flexibility index (Phi) is 11.1. The SMILES string of the molecule is CC.CC.N/N=C(\NN)c1ccc(C(=O)Nc2cc(-c3cccs3)ccc2[N+](=O)[O-])cc1. The lowest BCUT2D eigenvalue weighted by atomic mass is 10.1. The van der Waals surface area contributed by atoms with Crippen LogP contribution in [0.5, 0.6) is 0 Å². The lowest BCUT2D eigenvalue weighted by molar-refractivity contribution is -0.383. The second-order valence-electron chi connectivity index (χ2n) is 5.62. The van der Waals surface area contributed by atoms with Crippen molar-refractivity contribution in [3.05, 3.63) is 81.2 Å². The van der Waals surface area contributed by atoms with Gasteiger partial charge in [0.25, 0.3) is 11.6 Å². The Morgan fingerprint density at radius 2 is 1.66 bits per heavy atom. The minimum absolute atomic E-state index is 0.123. The molecule has 0 bridgehead atoms. The number of nitro groups is 1. The van der Waals surface area contributed by atoms with Crippen molar-refractivity contribution in [1.82, 2.24) is 5.43 Å². The number of rotatable bonds is 5. The van der Waals surface area contributed by atoms with Crippen LogP contribution >= 0.6 is 11.3 Å². The van der Waals surface area contributed by atoms with Crippen molar-refractivity contribution < 1.29 is 9.72 Å². The average Bonchev–Trinajstić information content (AvgIpc) is 3.38. The molecule has 0 radical (unpaired) electrons. The van der Waals surface area contributed by atoms with Crippen molar-refractivity contribution in [2.75, 3.05) is 5.32 Å². The summed E-state index contributed by atoms with van der Waals surface area (Å²) in [4.78, 5) is 24.3. The molecule has 0 aliphatic rings. The van der Waals surface area contributed by atoms with Gasteiger partial charge in [-0.25, -0.2) is 5.84 Å². The molecule has 0 aliphatic heterocycles. The molecule has 0 spiro atoms. The molecule has 6 N–H and O–H groups in total. The molecule has 3 rings (SSSR count). The average molecular weight is 457 g/mol. The Morgan fingerprint density at radius 1 is 1.03 bits per heavy atom. The highest BCUT2D eigenvalue weighted by Crippen LogP contribution is 2.32. The van der Waals surface area contributed by atoms with Gasteiger partial charge in [0, 0.05) is 22.1 Å². The first kappa shape index (κ1) is 26.3. The van der Waals surface area contributed by atoms with Crippen LogP contribution in [-0.2, 0) is 0 Å². The number of hydrazine groups is 1. The molecule has 0 unspecified atom stereocenters. The number of amidine groups is 1. The number of nitrogens with two attached hydrogens (primary N) is 2. The van der Waals surface area contributed by atoms with E-state index in [1.165, 1.54) is 17.4 Å². The minimum Gasteiger partial charge on any atom is -0.321 e. The summed E-state index contributed by atoms with van der Waals surface area (Å²) in [6.07, 6.45) is 0. The van der Waals surface area contributed by atoms with Gasteiger partial charge in [-0.2, -0.15) is 5.10 Å². The molecule has 0 saturated carbocycles. The molecule has 1 aromatic heterocycles. The minimum atomic E-state index is -0.534. The van der Waals surface area contributed by atoms with E-state index in [0.717, 1.165) is 10.4 Å². The van der Waals surface area contributed by atoms with Crippen LogP contribution in [-0.4, -0.2) is 16.7 Å². The number of hydrogen-bond donors (Lipinski definition) is 4. The van der Waals surface area contributed by atoms with E-state index in [1.807, 2.05) is 45.2 Å². The van der Waals surface area contributed by atoms with Gasteiger partial charge in [0.05, 0.1) is 4.92 Å². The molecule has 0 atom stereocenters. The maximum atomic E-state index is 12.6. The summed E-state index contributed by atoms with van der Waals surface area (Å²) in [7, 11) is 0. The van der Waals surface area contributed by atoms with Crippen molar-refractivity contribution in [3.8, 4) is 10.4 Å². The molecule has 1 amide bonds. The fourth-order valence-corrected chi connectivity index (χ4v) is 3.28. The van der Waals surface area contributed by atoms with Crippen molar-refractivity contribution in [3.63, 3.8) is 0 Å². The third-order valence-corrected chi connectivity index (χ3v) is 4.85. The second-order valence-corrected chi connectivity index (χ2v) is 6.57. The summed E-state index contributed by atoms with van der Waals surface area (Å²) >= 11 is 1.50. The molecule has 32 heavy (non-hydrogen) atoms. The van der Waals surface area contributed by atoms with E-state index in [2.05, 4.69) is 15.8 Å². The quantitative estimate of drug-likeness (QED) is 0.144. The molecule has 9 nitrogen and oxygen atoms in total. The summed E-state index contributed by atoms with van der Waals surface area (Å²) in [5.74, 6) is 10.3. The number of nitro benzene ring substituents is 1. The predicted molar refractivity (Wildman–Crippen MR) is 132 cm³/mol. The van der Waals surface area contributed by atoms with E-state index < -0.39 is 10.8 Å². The van der Waals surface area contributed by atoms with Gasteiger partial charge in [0.15, 0.2) is 5.84 Å². The van der Waals surface area contributed by atoms with Gasteiger partial charge in [-0.3, -0.25) is 14.9 Å². The summed E-state index contributed by atoms with van der Waals surface area (Å²) in [6, 6.07) is 14.7. The third kappa shape index (κ3) is 6.62. The van der Waals surface area contributed by atoms with E-state index in [0.29, 0.717) is 11.1 Å². The Bertz CT molecular complexity index is 1030. The molecular weight excluding hydrogens is 428 g/mol. The lowest BCUT2D eigenvalue weighted by Gasteiger charge is -2.09. The Hall–Kier alpha value is -3.76. The van der Waals surface area contributed by atoms with Crippen LogP contribution in [0, 0.1) is 10.1 Å². The number of hydrogen-bond acceptors (Lipinski definition) is 7. The first-order valence-corrected chi connectivity index (χ1v) is 10.9. The smallest absolute Gasteiger partial charge is 0.292 e. The van der Waals surface area contributed by atoms with Gasteiger partial charge < -0.3 is 16.6 Å². The van der Waals surface area contributed by atoms with E-state index in [-0.39, 0.29) is 17.2 Å². The maximum Gasteiger partial charge on any atom is 0.292 e. The van der Waals surface area contributed by atoms with E-state index in [1.54, 1.807) is 36.4 Å². The number of benzene rings is 2. The normalized spacial score (nSPS) is 10.1. The van der Waals surface area contributed by atoms with Gasteiger partial charge in [0.1, 0.15) is 5.69 Å². The van der Waals surface area contributed by atoms with Crippen molar-refractivity contribution in [2.24, 2.45) is 16.8 Å². The maximum absolute atomic E-state index is 12.6. The highest BCUT2D eigenvalue weighted by Gasteiger charge is 2.18. The van der Waals surface area contributed by atoms with Gasteiger partial charge in [-0.05, 0) is 41.3 Å².